The number of anilines is 2. The van der Waals surface area contributed by atoms with Gasteiger partial charge in [-0.2, -0.15) is 4.98 Å². The Labute approximate surface area is 104 Å². The molecule has 0 unspecified atom stereocenters. The van der Waals surface area contributed by atoms with Crippen molar-refractivity contribution in [2.75, 3.05) is 17.1 Å². The van der Waals surface area contributed by atoms with Crippen molar-refractivity contribution in [3.63, 3.8) is 0 Å². The van der Waals surface area contributed by atoms with E-state index >= 15 is 0 Å². The van der Waals surface area contributed by atoms with E-state index in [0.717, 1.165) is 0 Å². The molecule has 2 rings (SSSR count). The molecule has 2 aromatic rings. The lowest BCUT2D eigenvalue weighted by Crippen LogP contribution is -2.14. The summed E-state index contributed by atoms with van der Waals surface area (Å²) < 4.78 is 30.9. The topological polar surface area (TPSA) is 110 Å². The highest BCUT2D eigenvalue weighted by molar-refractivity contribution is 7.92. The van der Waals surface area contributed by atoms with Gasteiger partial charge in [-0.3, -0.25) is 0 Å². The van der Waals surface area contributed by atoms with Gasteiger partial charge in [0.05, 0.1) is 18.1 Å². The molecule has 0 saturated heterocycles. The van der Waals surface area contributed by atoms with Crippen molar-refractivity contribution in [1.82, 2.24) is 15.0 Å². The molecule has 96 valence electrons. The van der Waals surface area contributed by atoms with Crippen LogP contribution in [-0.4, -0.2) is 30.4 Å². The Hall–Kier alpha value is -2.16. The third-order valence-electron chi connectivity index (χ3n) is 2.00. The SMILES string of the molecule is CNc1ncc(S(=O)(=O)Nc2nc(C)co2)cn1. The molecule has 0 aliphatic heterocycles. The van der Waals surface area contributed by atoms with Crippen molar-refractivity contribution >= 4 is 22.0 Å². The first-order valence-corrected chi connectivity index (χ1v) is 6.44. The second-order valence-corrected chi connectivity index (χ2v) is 5.07. The minimum Gasteiger partial charge on any atom is -0.431 e. The lowest BCUT2D eigenvalue weighted by molar-refractivity contribution is 0.569. The first-order chi connectivity index (χ1) is 8.51. The van der Waals surface area contributed by atoms with Crippen molar-refractivity contribution < 1.29 is 12.8 Å². The molecule has 18 heavy (non-hydrogen) atoms. The van der Waals surface area contributed by atoms with Gasteiger partial charge >= 0.3 is 6.01 Å². The van der Waals surface area contributed by atoms with Gasteiger partial charge in [-0.15, -0.1) is 0 Å². The second kappa shape index (κ2) is 4.61. The summed E-state index contributed by atoms with van der Waals surface area (Å²) in [7, 11) is -2.15. The van der Waals surface area contributed by atoms with E-state index in [0.29, 0.717) is 11.6 Å². The molecular formula is C9H11N5O3S. The molecule has 0 fully saturated rings. The highest BCUT2D eigenvalue weighted by Gasteiger charge is 2.17. The monoisotopic (exact) mass is 269 g/mol. The Morgan fingerprint density at radius 1 is 1.28 bits per heavy atom. The molecule has 8 nitrogen and oxygen atoms in total. The van der Waals surface area contributed by atoms with Crippen LogP contribution < -0.4 is 10.0 Å². The smallest absolute Gasteiger partial charge is 0.309 e. The van der Waals surface area contributed by atoms with Crippen molar-refractivity contribution in [2.24, 2.45) is 0 Å². The molecule has 0 atom stereocenters. The fraction of sp³-hybridized carbons (Fsp3) is 0.222. The quantitative estimate of drug-likeness (QED) is 0.836. The summed E-state index contributed by atoms with van der Waals surface area (Å²) in [6, 6.07) is -0.0924. The van der Waals surface area contributed by atoms with Crippen LogP contribution in [0.3, 0.4) is 0 Å². The van der Waals surface area contributed by atoms with Crippen molar-refractivity contribution in [3.05, 3.63) is 24.4 Å². The molecule has 0 bridgehead atoms. The molecule has 0 amide bonds. The number of hydrogen-bond acceptors (Lipinski definition) is 7. The van der Waals surface area contributed by atoms with Crippen LogP contribution in [0, 0.1) is 6.92 Å². The van der Waals surface area contributed by atoms with E-state index in [9.17, 15) is 8.42 Å². The van der Waals surface area contributed by atoms with Crippen molar-refractivity contribution in [3.8, 4) is 0 Å². The molecule has 2 heterocycles. The molecule has 0 saturated carbocycles. The predicted molar refractivity (Wildman–Crippen MR) is 63.6 cm³/mol. The normalized spacial score (nSPS) is 11.2. The van der Waals surface area contributed by atoms with Gasteiger partial charge in [0.15, 0.2) is 0 Å². The third-order valence-corrected chi connectivity index (χ3v) is 3.28. The molecule has 0 aliphatic rings. The van der Waals surface area contributed by atoms with Crippen LogP contribution in [0.5, 0.6) is 0 Å². The Morgan fingerprint density at radius 2 is 1.94 bits per heavy atom. The zero-order valence-electron chi connectivity index (χ0n) is 9.71. The van der Waals surface area contributed by atoms with Crippen LogP contribution >= 0.6 is 0 Å². The van der Waals surface area contributed by atoms with E-state index in [-0.39, 0.29) is 10.9 Å². The van der Waals surface area contributed by atoms with Gasteiger partial charge in [-0.1, -0.05) is 0 Å². The fourth-order valence-corrected chi connectivity index (χ4v) is 1.98. The van der Waals surface area contributed by atoms with Crippen LogP contribution in [0.4, 0.5) is 12.0 Å². The van der Waals surface area contributed by atoms with Gasteiger partial charge in [0.2, 0.25) is 5.95 Å². The van der Waals surface area contributed by atoms with E-state index in [2.05, 4.69) is 25.0 Å². The molecule has 0 spiro atoms. The summed E-state index contributed by atoms with van der Waals surface area (Å²) in [6.07, 6.45) is 3.73. The van der Waals surface area contributed by atoms with Gasteiger partial charge in [-0.25, -0.2) is 23.1 Å². The average Bonchev–Trinajstić information content (AvgIpc) is 2.74. The number of nitrogens with one attached hydrogen (secondary N) is 2. The summed E-state index contributed by atoms with van der Waals surface area (Å²) in [5, 5.41) is 2.69. The van der Waals surface area contributed by atoms with Gasteiger partial charge in [-0.05, 0) is 6.92 Å². The van der Waals surface area contributed by atoms with Crippen LogP contribution in [-0.2, 0) is 10.0 Å². The van der Waals surface area contributed by atoms with Crippen molar-refractivity contribution in [1.29, 1.82) is 0 Å². The van der Waals surface area contributed by atoms with Gasteiger partial charge in [0, 0.05) is 7.05 Å². The molecule has 0 aliphatic carbocycles. The number of oxazole rings is 1. The van der Waals surface area contributed by atoms with E-state index in [1.807, 2.05) is 0 Å². The molecule has 2 N–H and O–H groups in total. The van der Waals surface area contributed by atoms with Gasteiger partial charge < -0.3 is 9.73 Å². The number of nitrogens with zero attached hydrogens (tertiary/aromatic N) is 3. The zero-order valence-corrected chi connectivity index (χ0v) is 10.5. The summed E-state index contributed by atoms with van der Waals surface area (Å²) >= 11 is 0. The van der Waals surface area contributed by atoms with E-state index in [1.165, 1.54) is 18.7 Å². The molecule has 0 aromatic carbocycles. The summed E-state index contributed by atoms with van der Waals surface area (Å²) in [5.41, 5.74) is 0.578. The summed E-state index contributed by atoms with van der Waals surface area (Å²) in [5.74, 6) is 0.334. The molecule has 0 radical (unpaired) electrons. The Bertz CT molecular complexity index is 634. The number of aromatic nitrogens is 3. The molecule has 9 heteroatoms. The summed E-state index contributed by atoms with van der Waals surface area (Å²) in [6.45, 7) is 1.69. The third kappa shape index (κ3) is 2.56. The van der Waals surface area contributed by atoms with E-state index in [4.69, 9.17) is 4.42 Å². The number of rotatable bonds is 4. The van der Waals surface area contributed by atoms with E-state index in [1.54, 1.807) is 14.0 Å². The number of aryl methyl sites for hydroxylation is 1. The first-order valence-electron chi connectivity index (χ1n) is 4.96. The maximum atomic E-state index is 11.9. The number of hydrogen-bond donors (Lipinski definition) is 2. The highest BCUT2D eigenvalue weighted by Crippen LogP contribution is 2.14. The number of sulfonamides is 1. The molecule has 2 aromatic heterocycles. The minimum absolute atomic E-state index is 0.0719. The second-order valence-electron chi connectivity index (χ2n) is 3.39. The minimum atomic E-state index is -3.78. The standard InChI is InChI=1S/C9H11N5O3S/c1-6-5-17-9(13-6)14-18(15,16)7-3-11-8(10-2)12-4-7/h3-5H,1-2H3,(H,13,14)(H,10,11,12). The average molecular weight is 269 g/mol. The van der Waals surface area contributed by atoms with Crippen LogP contribution in [0.1, 0.15) is 5.69 Å². The van der Waals surface area contributed by atoms with Gasteiger partial charge in [0.25, 0.3) is 10.0 Å². The Kier molecular flexibility index (Phi) is 3.15. The van der Waals surface area contributed by atoms with Crippen molar-refractivity contribution in [2.45, 2.75) is 11.8 Å². The van der Waals surface area contributed by atoms with E-state index < -0.39 is 10.0 Å². The van der Waals surface area contributed by atoms with Crippen LogP contribution in [0.25, 0.3) is 0 Å². The Morgan fingerprint density at radius 3 is 2.44 bits per heavy atom. The highest BCUT2D eigenvalue weighted by atomic mass is 32.2. The molecular weight excluding hydrogens is 258 g/mol. The van der Waals surface area contributed by atoms with Crippen LogP contribution in [0.2, 0.25) is 0 Å². The lowest BCUT2D eigenvalue weighted by atomic mass is 10.6. The predicted octanol–water partition coefficient (Wildman–Crippen LogP) is 0.616. The largest absolute Gasteiger partial charge is 0.431 e. The summed E-state index contributed by atoms with van der Waals surface area (Å²) in [4.78, 5) is 11.4. The maximum absolute atomic E-state index is 11.9. The fourth-order valence-electron chi connectivity index (χ4n) is 1.16. The lowest BCUT2D eigenvalue weighted by Gasteiger charge is -2.04. The Balaban J connectivity index is 2.24. The zero-order chi connectivity index (χ0) is 13.2. The van der Waals surface area contributed by atoms with Crippen LogP contribution in [0.15, 0.2) is 28.0 Å². The maximum Gasteiger partial charge on any atom is 0.309 e. The van der Waals surface area contributed by atoms with Gasteiger partial charge in [0.1, 0.15) is 11.2 Å². The first kappa shape index (κ1) is 12.3.